The average Bonchev–Trinajstić information content (AvgIpc) is 3.04. The van der Waals surface area contributed by atoms with Crippen molar-refractivity contribution in [3.8, 4) is 0 Å². The highest BCUT2D eigenvalue weighted by atomic mass is 32.2. The van der Waals surface area contributed by atoms with Crippen LogP contribution in [0.15, 0.2) is 57.8 Å². The van der Waals surface area contributed by atoms with Crippen LogP contribution in [0.2, 0.25) is 0 Å². The Morgan fingerprint density at radius 2 is 1.88 bits per heavy atom. The molecule has 1 heterocycles. The van der Waals surface area contributed by atoms with E-state index in [1.165, 1.54) is 22.9 Å². The summed E-state index contributed by atoms with van der Waals surface area (Å²) < 4.78 is 5.52. The third-order valence-corrected chi connectivity index (χ3v) is 4.77. The van der Waals surface area contributed by atoms with E-state index in [0.29, 0.717) is 18.1 Å². The van der Waals surface area contributed by atoms with Crippen molar-refractivity contribution >= 4 is 23.7 Å². The molecule has 0 aliphatic rings. The number of aryl methyl sites for hydroxylation is 2. The van der Waals surface area contributed by atoms with Crippen molar-refractivity contribution in [3.05, 3.63) is 71.1 Å². The van der Waals surface area contributed by atoms with E-state index >= 15 is 0 Å². The number of rotatable bonds is 6. The molecule has 0 saturated heterocycles. The Labute approximate surface area is 150 Å². The second-order valence-electron chi connectivity index (χ2n) is 5.75. The van der Waals surface area contributed by atoms with Crippen LogP contribution >= 0.6 is 11.8 Å². The normalized spacial score (nSPS) is 10.6. The third-order valence-electron chi connectivity index (χ3n) is 3.75. The van der Waals surface area contributed by atoms with E-state index in [1.54, 1.807) is 0 Å². The van der Waals surface area contributed by atoms with Crippen LogP contribution in [0.1, 0.15) is 22.6 Å². The fraction of sp³-hybridized carbons (Fsp3) is 0.211. The lowest BCUT2D eigenvalue weighted by Gasteiger charge is -2.03. The summed E-state index contributed by atoms with van der Waals surface area (Å²) in [6.07, 6.45) is 0.544. The summed E-state index contributed by atoms with van der Waals surface area (Å²) in [5.74, 6) is 0.600. The number of amides is 1. The lowest BCUT2D eigenvalue weighted by Crippen LogP contribution is -2.14. The molecule has 0 aliphatic heterocycles. The van der Waals surface area contributed by atoms with Crippen LogP contribution in [0, 0.1) is 13.8 Å². The number of thioether (sulfide) groups is 1. The maximum Gasteiger partial charge on any atom is 0.322 e. The highest BCUT2D eigenvalue weighted by Crippen LogP contribution is 2.18. The molecule has 6 heteroatoms. The lowest BCUT2D eigenvalue weighted by molar-refractivity contribution is -0.113. The van der Waals surface area contributed by atoms with Crippen LogP contribution in [0.3, 0.4) is 0 Å². The van der Waals surface area contributed by atoms with Crippen LogP contribution in [0.25, 0.3) is 0 Å². The van der Waals surface area contributed by atoms with Crippen molar-refractivity contribution in [2.24, 2.45) is 0 Å². The molecule has 0 fully saturated rings. The zero-order chi connectivity index (χ0) is 17.6. The number of nitrogens with one attached hydrogen (secondary N) is 1. The largest absolute Gasteiger partial charge is 0.407 e. The fourth-order valence-electron chi connectivity index (χ4n) is 2.28. The van der Waals surface area contributed by atoms with Crippen LogP contribution < -0.4 is 5.32 Å². The fourth-order valence-corrected chi connectivity index (χ4v) is 3.00. The molecule has 3 aromatic rings. The molecule has 3 rings (SSSR count). The van der Waals surface area contributed by atoms with Gasteiger partial charge in [0.15, 0.2) is 0 Å². The van der Waals surface area contributed by atoms with E-state index in [0.717, 1.165) is 10.5 Å². The maximum atomic E-state index is 12.0. The molecule has 1 amide bonds. The monoisotopic (exact) mass is 353 g/mol. The summed E-state index contributed by atoms with van der Waals surface area (Å²) in [5.41, 5.74) is 3.57. The number of hydrogen-bond donors (Lipinski definition) is 1. The summed E-state index contributed by atoms with van der Waals surface area (Å²) >= 11 is 1.46. The zero-order valence-electron chi connectivity index (χ0n) is 14.2. The average molecular weight is 353 g/mol. The SMILES string of the molecule is Cc1ccc(Cc2nnc(NC(=O)CSc3ccccc3)o2)cc1C. The minimum absolute atomic E-state index is 0.137. The Morgan fingerprint density at radius 3 is 2.64 bits per heavy atom. The molecule has 0 unspecified atom stereocenters. The van der Waals surface area contributed by atoms with Crippen molar-refractivity contribution in [2.75, 3.05) is 11.1 Å². The van der Waals surface area contributed by atoms with Gasteiger partial charge in [0, 0.05) is 4.90 Å². The summed E-state index contributed by atoms with van der Waals surface area (Å²) in [7, 11) is 0. The van der Waals surface area contributed by atoms with Gasteiger partial charge >= 0.3 is 6.01 Å². The van der Waals surface area contributed by atoms with E-state index in [2.05, 4.69) is 41.5 Å². The molecule has 1 N–H and O–H groups in total. The molecule has 0 bridgehead atoms. The smallest absolute Gasteiger partial charge is 0.322 e. The minimum Gasteiger partial charge on any atom is -0.407 e. The molecular formula is C19H19N3O2S. The third kappa shape index (κ3) is 4.93. The van der Waals surface area contributed by atoms with Gasteiger partial charge in [0.2, 0.25) is 11.8 Å². The van der Waals surface area contributed by atoms with Gasteiger partial charge < -0.3 is 4.42 Å². The van der Waals surface area contributed by atoms with Crippen LogP contribution in [0.4, 0.5) is 6.01 Å². The molecule has 0 saturated carbocycles. The number of carbonyl (C=O) groups is 1. The van der Waals surface area contributed by atoms with Gasteiger partial charge in [-0.05, 0) is 42.7 Å². The van der Waals surface area contributed by atoms with Gasteiger partial charge in [0.25, 0.3) is 0 Å². The molecule has 0 spiro atoms. The number of anilines is 1. The minimum atomic E-state index is -0.171. The Balaban J connectivity index is 1.54. The van der Waals surface area contributed by atoms with Gasteiger partial charge in [-0.15, -0.1) is 16.9 Å². The van der Waals surface area contributed by atoms with Gasteiger partial charge in [-0.1, -0.05) is 41.5 Å². The Morgan fingerprint density at radius 1 is 1.08 bits per heavy atom. The summed E-state index contributed by atoms with van der Waals surface area (Å²) in [6.45, 7) is 4.15. The van der Waals surface area contributed by atoms with E-state index in [1.807, 2.05) is 36.4 Å². The Kier molecular flexibility index (Phi) is 5.50. The van der Waals surface area contributed by atoms with Crippen LogP contribution in [-0.4, -0.2) is 21.9 Å². The molecular weight excluding hydrogens is 334 g/mol. The lowest BCUT2D eigenvalue weighted by atomic mass is 10.0. The van der Waals surface area contributed by atoms with Gasteiger partial charge in [-0.25, -0.2) is 0 Å². The number of benzene rings is 2. The summed E-state index contributed by atoms with van der Waals surface area (Å²) in [5, 5.41) is 10.5. The second-order valence-corrected chi connectivity index (χ2v) is 6.79. The highest BCUT2D eigenvalue weighted by Gasteiger charge is 2.11. The predicted molar refractivity (Wildman–Crippen MR) is 98.8 cm³/mol. The number of hydrogen-bond acceptors (Lipinski definition) is 5. The van der Waals surface area contributed by atoms with E-state index in [4.69, 9.17) is 4.42 Å². The van der Waals surface area contributed by atoms with Crippen molar-refractivity contribution in [3.63, 3.8) is 0 Å². The first kappa shape index (κ1) is 17.2. The maximum absolute atomic E-state index is 12.0. The molecule has 0 atom stereocenters. The van der Waals surface area contributed by atoms with Gasteiger partial charge in [0.05, 0.1) is 12.2 Å². The first-order valence-corrected chi connectivity index (χ1v) is 8.95. The van der Waals surface area contributed by atoms with E-state index < -0.39 is 0 Å². The topological polar surface area (TPSA) is 68.0 Å². The van der Waals surface area contributed by atoms with Crippen molar-refractivity contribution in [1.29, 1.82) is 0 Å². The number of nitrogens with zero attached hydrogens (tertiary/aromatic N) is 2. The molecule has 2 aromatic carbocycles. The second kappa shape index (κ2) is 7.98. The summed E-state index contributed by atoms with van der Waals surface area (Å²) in [4.78, 5) is 13.0. The molecule has 25 heavy (non-hydrogen) atoms. The van der Waals surface area contributed by atoms with Crippen LogP contribution in [-0.2, 0) is 11.2 Å². The number of aromatic nitrogens is 2. The van der Waals surface area contributed by atoms with Gasteiger partial charge in [0.1, 0.15) is 0 Å². The Hall–Kier alpha value is -2.60. The standard InChI is InChI=1S/C19H19N3O2S/c1-13-8-9-15(10-14(13)2)11-18-21-22-19(24-18)20-17(23)12-25-16-6-4-3-5-7-16/h3-10H,11-12H2,1-2H3,(H,20,22,23). The van der Waals surface area contributed by atoms with Crippen molar-refractivity contribution in [1.82, 2.24) is 10.2 Å². The predicted octanol–water partition coefficient (Wildman–Crippen LogP) is 4.01. The van der Waals surface area contributed by atoms with E-state index in [-0.39, 0.29) is 11.9 Å². The first-order chi connectivity index (χ1) is 12.1. The molecule has 1 aromatic heterocycles. The van der Waals surface area contributed by atoms with Gasteiger partial charge in [-0.3, -0.25) is 10.1 Å². The van der Waals surface area contributed by atoms with Crippen molar-refractivity contribution < 1.29 is 9.21 Å². The first-order valence-electron chi connectivity index (χ1n) is 7.96. The van der Waals surface area contributed by atoms with E-state index in [9.17, 15) is 4.79 Å². The quantitative estimate of drug-likeness (QED) is 0.678. The van der Waals surface area contributed by atoms with Crippen molar-refractivity contribution in [2.45, 2.75) is 25.2 Å². The number of carbonyl (C=O) groups excluding carboxylic acids is 1. The van der Waals surface area contributed by atoms with Gasteiger partial charge in [-0.2, -0.15) is 0 Å². The molecule has 0 aliphatic carbocycles. The van der Waals surface area contributed by atoms with Crippen LogP contribution in [0.5, 0.6) is 0 Å². The highest BCUT2D eigenvalue weighted by molar-refractivity contribution is 8.00. The molecule has 5 nitrogen and oxygen atoms in total. The molecule has 128 valence electrons. The molecule has 0 radical (unpaired) electrons. The zero-order valence-corrected chi connectivity index (χ0v) is 15.0. The Bertz CT molecular complexity index is 862. The summed E-state index contributed by atoms with van der Waals surface area (Å²) in [6, 6.07) is 16.1.